The van der Waals surface area contributed by atoms with Crippen molar-refractivity contribution in [3.05, 3.63) is 114 Å². The summed E-state index contributed by atoms with van der Waals surface area (Å²) in [6, 6.07) is 30.8. The standard InChI is InChI=1S/C42H45FN4O6Si/c1-29-40(54(2,3)43)38(24-39(51)44-21-11-18-35(44)26-48)53-42(29)36-23-34(47(28-50)32-15-8-5-9-16-32)19-20-37(36)45(41(42)52)25-30-12-10-17-33(22-30)46(27-49)31-13-6-4-7-14-31/h4-10,12-17,19-20,22-23,27-29,35,38,40,48H,11,18,21,24-26H2,1-3H3/t29-,35-,38+,40-,42+/m0/s1. The molecule has 0 radical (unpaired) electrons. The molecule has 2 fully saturated rings. The Bertz CT molecular complexity index is 2030. The van der Waals surface area contributed by atoms with Gasteiger partial charge in [-0.25, -0.2) is 0 Å². The highest BCUT2D eigenvalue weighted by molar-refractivity contribution is 6.72. The normalized spacial score (nSPS) is 23.5. The first-order valence-electron chi connectivity index (χ1n) is 18.4. The van der Waals surface area contributed by atoms with Crippen molar-refractivity contribution in [2.75, 3.05) is 27.9 Å². The van der Waals surface area contributed by atoms with E-state index in [4.69, 9.17) is 4.74 Å². The zero-order chi connectivity index (χ0) is 38.2. The highest BCUT2D eigenvalue weighted by Gasteiger charge is 2.67. The molecule has 54 heavy (non-hydrogen) atoms. The molecule has 3 aliphatic heterocycles. The molecule has 0 aliphatic carbocycles. The summed E-state index contributed by atoms with van der Waals surface area (Å²) >= 11 is 0. The van der Waals surface area contributed by atoms with Gasteiger partial charge in [-0.1, -0.05) is 55.5 Å². The first kappa shape index (κ1) is 37.2. The molecule has 0 saturated carbocycles. The number of aliphatic hydroxyl groups excluding tert-OH is 1. The number of para-hydroxylation sites is 2. The number of anilines is 5. The molecule has 1 spiro atoms. The van der Waals surface area contributed by atoms with Crippen LogP contribution < -0.4 is 14.7 Å². The Balaban J connectivity index is 1.31. The summed E-state index contributed by atoms with van der Waals surface area (Å²) < 4.78 is 23.5. The molecule has 280 valence electrons. The number of hydrogen-bond acceptors (Lipinski definition) is 6. The molecule has 10 nitrogen and oxygen atoms in total. The second-order valence-electron chi connectivity index (χ2n) is 14.9. The predicted octanol–water partition coefficient (Wildman–Crippen LogP) is 6.97. The van der Waals surface area contributed by atoms with Crippen molar-refractivity contribution in [1.82, 2.24) is 4.90 Å². The van der Waals surface area contributed by atoms with Crippen molar-refractivity contribution < 1.29 is 33.1 Å². The van der Waals surface area contributed by atoms with E-state index in [0.29, 0.717) is 53.4 Å². The van der Waals surface area contributed by atoms with Crippen molar-refractivity contribution in [3.63, 3.8) is 0 Å². The molecule has 1 N–H and O–H groups in total. The molecule has 4 amide bonds. The summed E-state index contributed by atoms with van der Waals surface area (Å²) in [6.45, 7) is 5.49. The summed E-state index contributed by atoms with van der Waals surface area (Å²) in [6.07, 6.45) is 1.90. The monoisotopic (exact) mass is 748 g/mol. The quantitative estimate of drug-likeness (QED) is 0.0953. The van der Waals surface area contributed by atoms with Gasteiger partial charge in [0.15, 0.2) is 5.60 Å². The summed E-state index contributed by atoms with van der Waals surface area (Å²) in [5, 5.41) is 9.95. The van der Waals surface area contributed by atoms with Crippen LogP contribution in [0.4, 0.5) is 32.5 Å². The minimum atomic E-state index is -3.60. The second kappa shape index (κ2) is 14.9. The summed E-state index contributed by atoms with van der Waals surface area (Å²) in [5.41, 5.74) is 1.86. The van der Waals surface area contributed by atoms with Crippen LogP contribution >= 0.6 is 0 Å². The number of halogens is 1. The molecular formula is C42H45FN4O6Si. The van der Waals surface area contributed by atoms with Crippen LogP contribution in [-0.2, 0) is 36.1 Å². The van der Waals surface area contributed by atoms with E-state index in [0.717, 1.165) is 18.4 Å². The molecule has 4 aromatic rings. The predicted molar refractivity (Wildman–Crippen MR) is 208 cm³/mol. The van der Waals surface area contributed by atoms with Gasteiger partial charge in [-0.15, -0.1) is 0 Å². The number of amides is 4. The largest absolute Gasteiger partial charge is 0.394 e. The highest BCUT2D eigenvalue weighted by atomic mass is 28.4. The van der Waals surface area contributed by atoms with E-state index in [1.807, 2.05) is 91.9 Å². The van der Waals surface area contributed by atoms with Gasteiger partial charge in [0.1, 0.15) is 0 Å². The van der Waals surface area contributed by atoms with Crippen LogP contribution in [0.1, 0.15) is 37.3 Å². The first-order chi connectivity index (χ1) is 26.0. The van der Waals surface area contributed by atoms with Crippen molar-refractivity contribution in [1.29, 1.82) is 0 Å². The minimum absolute atomic E-state index is 0.116. The third-order valence-electron chi connectivity index (χ3n) is 11.3. The van der Waals surface area contributed by atoms with Gasteiger partial charge in [-0.3, -0.25) is 29.0 Å². The molecule has 5 atom stereocenters. The maximum atomic E-state index is 16.6. The van der Waals surface area contributed by atoms with Crippen LogP contribution in [0.2, 0.25) is 18.6 Å². The fourth-order valence-electron chi connectivity index (χ4n) is 8.89. The van der Waals surface area contributed by atoms with Gasteiger partial charge in [0.05, 0.1) is 37.4 Å². The fraction of sp³-hybridized carbons (Fsp3) is 0.333. The van der Waals surface area contributed by atoms with Crippen molar-refractivity contribution >= 4 is 61.5 Å². The van der Waals surface area contributed by atoms with E-state index in [1.54, 1.807) is 41.1 Å². The topological polar surface area (TPSA) is 111 Å². The maximum absolute atomic E-state index is 16.6. The molecule has 4 aromatic carbocycles. The summed E-state index contributed by atoms with van der Waals surface area (Å²) in [5.74, 6) is -1.28. The number of carbonyl (C=O) groups is 4. The van der Waals surface area contributed by atoms with Gasteiger partial charge in [0.25, 0.3) is 5.91 Å². The molecule has 3 heterocycles. The van der Waals surface area contributed by atoms with Crippen molar-refractivity contribution in [2.24, 2.45) is 5.92 Å². The van der Waals surface area contributed by atoms with E-state index in [9.17, 15) is 19.5 Å². The molecule has 0 aromatic heterocycles. The minimum Gasteiger partial charge on any atom is -0.394 e. The molecular weight excluding hydrogens is 704 g/mol. The van der Waals surface area contributed by atoms with Crippen LogP contribution in [0.5, 0.6) is 0 Å². The van der Waals surface area contributed by atoms with Gasteiger partial charge in [0, 0.05) is 46.3 Å². The highest BCUT2D eigenvalue weighted by Crippen LogP contribution is 2.61. The van der Waals surface area contributed by atoms with E-state index in [2.05, 4.69) is 0 Å². The van der Waals surface area contributed by atoms with Crippen LogP contribution in [0.15, 0.2) is 103 Å². The Labute approximate surface area is 315 Å². The zero-order valence-corrected chi connectivity index (χ0v) is 31.7. The lowest BCUT2D eigenvalue weighted by Gasteiger charge is -2.31. The zero-order valence-electron chi connectivity index (χ0n) is 30.7. The number of aliphatic hydroxyl groups is 1. The van der Waals surface area contributed by atoms with Crippen LogP contribution in [0.25, 0.3) is 0 Å². The van der Waals surface area contributed by atoms with Gasteiger partial charge < -0.3 is 23.8 Å². The number of hydrogen-bond donors (Lipinski definition) is 1. The van der Waals surface area contributed by atoms with E-state index in [1.165, 1.54) is 9.80 Å². The van der Waals surface area contributed by atoms with Crippen molar-refractivity contribution in [2.45, 2.75) is 69.1 Å². The molecule has 2 saturated heterocycles. The van der Waals surface area contributed by atoms with Crippen LogP contribution in [0.3, 0.4) is 0 Å². The molecule has 12 heteroatoms. The SMILES string of the molecule is C[C@H]1[C@H]([Si](C)(C)F)[C@@H](CC(=O)N2CCC[C@H]2CO)O[C@]12C(=O)N(Cc1cccc(N(C=O)c3ccccc3)c1)c1ccc(N(C=O)c3ccccc3)cc12. The molecule has 3 aliphatic rings. The third kappa shape index (κ3) is 6.52. The van der Waals surface area contributed by atoms with E-state index >= 15 is 8.90 Å². The number of nitrogens with zero attached hydrogens (tertiary/aromatic N) is 4. The average Bonchev–Trinajstić information content (AvgIpc) is 3.83. The van der Waals surface area contributed by atoms with Gasteiger partial charge in [-0.2, -0.15) is 0 Å². The number of likely N-dealkylation sites (tertiary alicyclic amines) is 1. The number of fused-ring (bicyclic) bond motifs is 2. The number of rotatable bonds is 12. The number of benzene rings is 4. The Hall–Kier alpha value is -5.17. The van der Waals surface area contributed by atoms with Crippen molar-refractivity contribution in [3.8, 4) is 0 Å². The molecule has 7 rings (SSSR count). The smallest absolute Gasteiger partial charge is 0.264 e. The molecule has 0 unspecified atom stereocenters. The second-order valence-corrected chi connectivity index (χ2v) is 18.7. The molecule has 0 bridgehead atoms. The Morgan fingerprint density at radius 3 is 2.11 bits per heavy atom. The Morgan fingerprint density at radius 1 is 0.907 bits per heavy atom. The van der Waals surface area contributed by atoms with E-state index < -0.39 is 31.6 Å². The third-order valence-corrected chi connectivity index (χ3v) is 13.8. The van der Waals surface area contributed by atoms with Gasteiger partial charge >= 0.3 is 0 Å². The summed E-state index contributed by atoms with van der Waals surface area (Å²) in [4.78, 5) is 60.2. The Kier molecular flexibility index (Phi) is 10.3. The lowest BCUT2D eigenvalue weighted by molar-refractivity contribution is -0.150. The number of carbonyl (C=O) groups excluding carboxylic acids is 4. The first-order valence-corrected chi connectivity index (χ1v) is 21.4. The maximum Gasteiger partial charge on any atom is 0.264 e. The van der Waals surface area contributed by atoms with Crippen LogP contribution in [0, 0.1) is 5.92 Å². The van der Waals surface area contributed by atoms with E-state index in [-0.39, 0.29) is 37.4 Å². The number of ether oxygens (including phenoxy) is 1. The lowest BCUT2D eigenvalue weighted by atomic mass is 9.82. The lowest BCUT2D eigenvalue weighted by Crippen LogP contribution is -2.45. The van der Waals surface area contributed by atoms with Crippen LogP contribution in [-0.4, -0.2) is 68.3 Å². The van der Waals surface area contributed by atoms with Gasteiger partial charge in [-0.05, 0) is 86.1 Å². The Morgan fingerprint density at radius 2 is 1.52 bits per heavy atom. The average molecular weight is 749 g/mol. The summed E-state index contributed by atoms with van der Waals surface area (Å²) in [7, 11) is -3.60. The van der Waals surface area contributed by atoms with Gasteiger partial charge in [0.2, 0.25) is 27.1 Å². The fourth-order valence-corrected chi connectivity index (χ4v) is 11.4.